The zero-order chi connectivity index (χ0) is 15.1. The Labute approximate surface area is 115 Å². The van der Waals surface area contributed by atoms with Crippen molar-refractivity contribution in [3.05, 3.63) is 35.4 Å². The Morgan fingerprint density at radius 2 is 1.45 bits per heavy atom. The van der Waals surface area contributed by atoms with Crippen LogP contribution in [0, 0.1) is 11.6 Å². The fourth-order valence-electron chi connectivity index (χ4n) is 1.62. The predicted octanol–water partition coefficient (Wildman–Crippen LogP) is 1.11. The Morgan fingerprint density at radius 3 is 1.85 bits per heavy atom. The number of methoxy groups -OCH3 is 2. The molecule has 0 aromatic heterocycles. The number of esters is 2. The fraction of sp³-hybridized carbons (Fsp3) is 0.385. The molecule has 0 radical (unpaired) electrons. The van der Waals surface area contributed by atoms with Gasteiger partial charge in [-0.15, -0.1) is 0 Å². The maximum Gasteiger partial charge on any atom is 0.319 e. The van der Waals surface area contributed by atoms with E-state index in [0.29, 0.717) is 5.56 Å². The monoisotopic (exact) mass is 287 g/mol. The van der Waals surface area contributed by atoms with Gasteiger partial charge in [-0.3, -0.25) is 14.5 Å². The van der Waals surface area contributed by atoms with Crippen molar-refractivity contribution in [1.82, 2.24) is 4.90 Å². The second kappa shape index (κ2) is 7.54. The molecule has 7 heteroatoms. The van der Waals surface area contributed by atoms with Crippen LogP contribution in [0.15, 0.2) is 18.2 Å². The van der Waals surface area contributed by atoms with Crippen LogP contribution >= 0.6 is 0 Å². The molecule has 110 valence electrons. The third-order valence-electron chi connectivity index (χ3n) is 2.49. The maximum absolute atomic E-state index is 13.1. The molecule has 0 atom stereocenters. The lowest BCUT2D eigenvalue weighted by Gasteiger charge is -2.19. The van der Waals surface area contributed by atoms with Crippen LogP contribution in [-0.2, 0) is 25.6 Å². The number of carbonyl (C=O) groups is 2. The van der Waals surface area contributed by atoms with Crippen molar-refractivity contribution in [2.24, 2.45) is 0 Å². The Balaban J connectivity index is 2.81. The summed E-state index contributed by atoms with van der Waals surface area (Å²) in [6.45, 7) is -0.369. The van der Waals surface area contributed by atoms with Gasteiger partial charge in [0.25, 0.3) is 0 Å². The Kier molecular flexibility index (Phi) is 6.05. The van der Waals surface area contributed by atoms with Gasteiger partial charge in [0.05, 0.1) is 27.3 Å². The zero-order valence-electron chi connectivity index (χ0n) is 11.2. The van der Waals surface area contributed by atoms with E-state index in [9.17, 15) is 18.4 Å². The lowest BCUT2D eigenvalue weighted by atomic mass is 10.2. The molecule has 0 fully saturated rings. The molecule has 1 rings (SSSR count). The summed E-state index contributed by atoms with van der Waals surface area (Å²) in [6, 6.07) is 3.00. The van der Waals surface area contributed by atoms with Gasteiger partial charge in [-0.25, -0.2) is 8.78 Å². The van der Waals surface area contributed by atoms with Crippen LogP contribution in [0.2, 0.25) is 0 Å². The van der Waals surface area contributed by atoms with E-state index in [-0.39, 0.29) is 19.6 Å². The van der Waals surface area contributed by atoms with Crippen molar-refractivity contribution in [2.45, 2.75) is 6.54 Å². The van der Waals surface area contributed by atoms with Crippen molar-refractivity contribution >= 4 is 11.9 Å². The fourth-order valence-corrected chi connectivity index (χ4v) is 1.62. The number of halogens is 2. The van der Waals surface area contributed by atoms with E-state index in [4.69, 9.17) is 0 Å². The minimum Gasteiger partial charge on any atom is -0.468 e. The molecule has 0 aliphatic heterocycles. The number of hydrogen-bond acceptors (Lipinski definition) is 5. The van der Waals surface area contributed by atoms with E-state index in [2.05, 4.69) is 9.47 Å². The van der Waals surface area contributed by atoms with Crippen LogP contribution in [-0.4, -0.2) is 44.1 Å². The first kappa shape index (κ1) is 16.0. The first-order valence-electron chi connectivity index (χ1n) is 5.75. The molecule has 0 bridgehead atoms. The summed E-state index contributed by atoms with van der Waals surface area (Å²) in [4.78, 5) is 23.9. The molecule has 0 saturated heterocycles. The van der Waals surface area contributed by atoms with Crippen LogP contribution in [0.1, 0.15) is 5.56 Å². The number of carbonyl (C=O) groups excluding carboxylic acids is 2. The standard InChI is InChI=1S/C13H15F2NO4/c1-19-12(17)7-16(8-13(18)20-2)6-9-3-10(14)5-11(15)4-9/h3-5H,6-8H2,1-2H3. The largest absolute Gasteiger partial charge is 0.468 e. The van der Waals surface area contributed by atoms with Crippen LogP contribution in [0.3, 0.4) is 0 Å². The van der Waals surface area contributed by atoms with Gasteiger partial charge in [0.2, 0.25) is 0 Å². The van der Waals surface area contributed by atoms with E-state index in [1.54, 1.807) is 0 Å². The smallest absolute Gasteiger partial charge is 0.319 e. The molecule has 20 heavy (non-hydrogen) atoms. The highest BCUT2D eigenvalue weighted by Crippen LogP contribution is 2.10. The SMILES string of the molecule is COC(=O)CN(CC(=O)OC)Cc1cc(F)cc(F)c1. The molecule has 1 aromatic carbocycles. The summed E-state index contributed by atoms with van der Waals surface area (Å²) in [5.74, 6) is -2.58. The maximum atomic E-state index is 13.1. The summed E-state index contributed by atoms with van der Waals surface area (Å²) in [5.41, 5.74) is 0.301. The first-order chi connectivity index (χ1) is 9.44. The highest BCUT2D eigenvalue weighted by Gasteiger charge is 2.16. The van der Waals surface area contributed by atoms with Crippen LogP contribution in [0.25, 0.3) is 0 Å². The highest BCUT2D eigenvalue weighted by atomic mass is 19.1. The van der Waals surface area contributed by atoms with Crippen LogP contribution in [0.4, 0.5) is 8.78 Å². The van der Waals surface area contributed by atoms with Gasteiger partial charge in [0.1, 0.15) is 11.6 Å². The number of hydrogen-bond donors (Lipinski definition) is 0. The van der Waals surface area contributed by atoms with E-state index < -0.39 is 23.6 Å². The molecule has 0 unspecified atom stereocenters. The molecule has 0 aliphatic carbocycles. The van der Waals surface area contributed by atoms with Crippen molar-refractivity contribution in [1.29, 1.82) is 0 Å². The minimum atomic E-state index is -0.726. The van der Waals surface area contributed by atoms with Crippen molar-refractivity contribution in [3.8, 4) is 0 Å². The summed E-state index contributed by atoms with van der Waals surface area (Å²) < 4.78 is 35.2. The van der Waals surface area contributed by atoms with E-state index in [1.807, 2.05) is 0 Å². The van der Waals surface area contributed by atoms with Gasteiger partial charge >= 0.3 is 11.9 Å². The van der Waals surface area contributed by atoms with Crippen LogP contribution < -0.4 is 0 Å². The summed E-state index contributed by atoms with van der Waals surface area (Å²) in [5, 5.41) is 0. The third kappa shape index (κ3) is 5.31. The van der Waals surface area contributed by atoms with Crippen molar-refractivity contribution in [3.63, 3.8) is 0 Å². The van der Waals surface area contributed by atoms with Crippen molar-refractivity contribution < 1.29 is 27.8 Å². The van der Waals surface area contributed by atoms with E-state index >= 15 is 0 Å². The van der Waals surface area contributed by atoms with Gasteiger partial charge < -0.3 is 9.47 Å². The number of benzene rings is 1. The predicted molar refractivity (Wildman–Crippen MR) is 65.7 cm³/mol. The number of rotatable bonds is 6. The molecule has 5 nitrogen and oxygen atoms in total. The van der Waals surface area contributed by atoms with Gasteiger partial charge in [-0.2, -0.15) is 0 Å². The zero-order valence-corrected chi connectivity index (χ0v) is 11.2. The average molecular weight is 287 g/mol. The summed E-state index contributed by atoms with van der Waals surface area (Å²) in [6.07, 6.45) is 0. The van der Waals surface area contributed by atoms with E-state index in [0.717, 1.165) is 18.2 Å². The molecule has 0 amide bonds. The minimum absolute atomic E-state index is 0.0128. The molecule has 0 heterocycles. The van der Waals surface area contributed by atoms with Gasteiger partial charge in [0.15, 0.2) is 0 Å². The van der Waals surface area contributed by atoms with Gasteiger partial charge in [0, 0.05) is 12.6 Å². The molecular weight excluding hydrogens is 272 g/mol. The Bertz CT molecular complexity index is 455. The average Bonchev–Trinajstić information content (AvgIpc) is 2.36. The first-order valence-corrected chi connectivity index (χ1v) is 5.75. The quantitative estimate of drug-likeness (QED) is 0.734. The molecule has 1 aromatic rings. The lowest BCUT2D eigenvalue weighted by molar-refractivity contribution is -0.145. The number of ether oxygens (including phenoxy) is 2. The molecule has 0 spiro atoms. The van der Waals surface area contributed by atoms with E-state index in [1.165, 1.54) is 19.1 Å². The highest BCUT2D eigenvalue weighted by molar-refractivity contribution is 5.74. The van der Waals surface area contributed by atoms with Gasteiger partial charge in [-0.1, -0.05) is 0 Å². The Morgan fingerprint density at radius 1 is 1.00 bits per heavy atom. The summed E-state index contributed by atoms with van der Waals surface area (Å²) in [7, 11) is 2.42. The lowest BCUT2D eigenvalue weighted by Crippen LogP contribution is -2.35. The Hall–Kier alpha value is -2.02. The summed E-state index contributed by atoms with van der Waals surface area (Å²) >= 11 is 0. The van der Waals surface area contributed by atoms with Crippen molar-refractivity contribution in [2.75, 3.05) is 27.3 Å². The molecule has 0 saturated carbocycles. The third-order valence-corrected chi connectivity index (χ3v) is 2.49. The van der Waals surface area contributed by atoms with Crippen LogP contribution in [0.5, 0.6) is 0 Å². The normalized spacial score (nSPS) is 10.4. The topological polar surface area (TPSA) is 55.8 Å². The molecule has 0 aliphatic rings. The second-order valence-electron chi connectivity index (χ2n) is 4.08. The second-order valence-corrected chi connectivity index (χ2v) is 4.08. The molecule has 0 N–H and O–H groups in total. The van der Waals surface area contributed by atoms with Gasteiger partial charge in [-0.05, 0) is 17.7 Å². The molecular formula is C13H15F2NO4. The number of nitrogens with zero attached hydrogens (tertiary/aromatic N) is 1.